The van der Waals surface area contributed by atoms with E-state index in [0.29, 0.717) is 23.5 Å². The minimum Gasteiger partial charge on any atom is -0.383 e. The standard InChI is InChI=1S/C23H28N2O2S/c1-15-13-16(2)20-19(14-15)25(11-12-27-6)22(28-20)24-21(26)17-7-9-18(10-8-17)23(3,4)5/h7-10,13-14H,11-12H2,1-6H3. The normalized spacial score (nSPS) is 12.7. The Morgan fingerprint density at radius 1 is 1.14 bits per heavy atom. The molecule has 0 aliphatic carbocycles. The summed E-state index contributed by atoms with van der Waals surface area (Å²) < 4.78 is 8.52. The first-order valence-electron chi connectivity index (χ1n) is 9.50. The second-order valence-corrected chi connectivity index (χ2v) is 9.18. The molecule has 1 aromatic heterocycles. The molecule has 1 amide bonds. The van der Waals surface area contributed by atoms with Crippen LogP contribution in [0.3, 0.4) is 0 Å². The number of benzene rings is 2. The molecule has 0 spiro atoms. The van der Waals surface area contributed by atoms with Crippen LogP contribution < -0.4 is 4.80 Å². The molecule has 0 saturated carbocycles. The summed E-state index contributed by atoms with van der Waals surface area (Å²) in [4.78, 5) is 18.0. The van der Waals surface area contributed by atoms with Crippen molar-refractivity contribution >= 4 is 27.5 Å². The summed E-state index contributed by atoms with van der Waals surface area (Å²) in [7, 11) is 1.68. The molecular formula is C23H28N2O2S. The van der Waals surface area contributed by atoms with Gasteiger partial charge < -0.3 is 9.30 Å². The summed E-state index contributed by atoms with van der Waals surface area (Å²) in [6, 6.07) is 12.1. The predicted octanol–water partition coefficient (Wildman–Crippen LogP) is 5.00. The second kappa shape index (κ2) is 8.02. The molecule has 0 N–H and O–H groups in total. The van der Waals surface area contributed by atoms with Crippen LogP contribution in [0.4, 0.5) is 0 Å². The predicted molar refractivity (Wildman–Crippen MR) is 116 cm³/mol. The number of hydrogen-bond acceptors (Lipinski definition) is 3. The van der Waals surface area contributed by atoms with E-state index in [1.54, 1.807) is 18.4 Å². The van der Waals surface area contributed by atoms with Crippen molar-refractivity contribution < 1.29 is 9.53 Å². The third kappa shape index (κ3) is 4.26. The lowest BCUT2D eigenvalue weighted by Crippen LogP contribution is -2.19. The fourth-order valence-corrected chi connectivity index (χ4v) is 4.37. The van der Waals surface area contributed by atoms with Crippen molar-refractivity contribution in [2.24, 2.45) is 4.99 Å². The van der Waals surface area contributed by atoms with E-state index < -0.39 is 0 Å². The minimum atomic E-state index is -0.215. The van der Waals surface area contributed by atoms with E-state index in [9.17, 15) is 4.79 Å². The van der Waals surface area contributed by atoms with Crippen LogP contribution in [-0.4, -0.2) is 24.2 Å². The van der Waals surface area contributed by atoms with Crippen molar-refractivity contribution in [1.29, 1.82) is 0 Å². The van der Waals surface area contributed by atoms with Crippen LogP contribution in [0.15, 0.2) is 41.4 Å². The molecule has 4 nitrogen and oxygen atoms in total. The molecule has 0 atom stereocenters. The molecule has 0 fully saturated rings. The van der Waals surface area contributed by atoms with E-state index in [2.05, 4.69) is 56.3 Å². The number of aromatic nitrogens is 1. The van der Waals surface area contributed by atoms with Crippen molar-refractivity contribution in [3.8, 4) is 0 Å². The summed E-state index contributed by atoms with van der Waals surface area (Å²) >= 11 is 1.56. The number of aryl methyl sites for hydroxylation is 2. The van der Waals surface area contributed by atoms with Crippen molar-refractivity contribution in [2.45, 2.75) is 46.6 Å². The molecule has 0 unspecified atom stereocenters. The number of rotatable bonds is 4. The van der Waals surface area contributed by atoms with E-state index in [4.69, 9.17) is 4.74 Å². The van der Waals surface area contributed by atoms with Crippen LogP contribution >= 0.6 is 11.3 Å². The molecule has 3 rings (SSSR count). The number of fused-ring (bicyclic) bond motifs is 1. The van der Waals surface area contributed by atoms with E-state index in [1.807, 2.05) is 24.3 Å². The fourth-order valence-electron chi connectivity index (χ4n) is 3.26. The van der Waals surface area contributed by atoms with Gasteiger partial charge in [-0.25, -0.2) is 0 Å². The van der Waals surface area contributed by atoms with Gasteiger partial charge in [0.15, 0.2) is 4.80 Å². The topological polar surface area (TPSA) is 43.6 Å². The number of amides is 1. The van der Waals surface area contributed by atoms with Crippen LogP contribution in [0.2, 0.25) is 0 Å². The monoisotopic (exact) mass is 396 g/mol. The maximum Gasteiger partial charge on any atom is 0.279 e. The van der Waals surface area contributed by atoms with Crippen LogP contribution in [0.1, 0.15) is 47.8 Å². The number of methoxy groups -OCH3 is 1. The van der Waals surface area contributed by atoms with Crippen LogP contribution in [-0.2, 0) is 16.7 Å². The number of ether oxygens (including phenoxy) is 1. The lowest BCUT2D eigenvalue weighted by Gasteiger charge is -2.18. The van der Waals surface area contributed by atoms with Gasteiger partial charge in [0, 0.05) is 19.2 Å². The highest BCUT2D eigenvalue weighted by Crippen LogP contribution is 2.24. The van der Waals surface area contributed by atoms with Crippen molar-refractivity contribution in [1.82, 2.24) is 4.57 Å². The summed E-state index contributed by atoms with van der Waals surface area (Å²) in [5, 5.41) is 0. The van der Waals surface area contributed by atoms with Gasteiger partial charge in [-0.3, -0.25) is 4.79 Å². The Bertz CT molecular complexity index is 1070. The highest BCUT2D eigenvalue weighted by molar-refractivity contribution is 7.16. The number of hydrogen-bond donors (Lipinski definition) is 0. The highest BCUT2D eigenvalue weighted by atomic mass is 32.1. The maximum absolute atomic E-state index is 12.8. The van der Waals surface area contributed by atoms with Gasteiger partial charge >= 0.3 is 0 Å². The Hall–Kier alpha value is -2.24. The second-order valence-electron chi connectivity index (χ2n) is 8.20. The number of nitrogens with zero attached hydrogens (tertiary/aromatic N) is 2. The van der Waals surface area contributed by atoms with Gasteiger partial charge in [-0.1, -0.05) is 50.3 Å². The van der Waals surface area contributed by atoms with Gasteiger partial charge in [0.25, 0.3) is 5.91 Å². The molecule has 0 aliphatic rings. The molecule has 5 heteroatoms. The van der Waals surface area contributed by atoms with Crippen LogP contribution in [0.25, 0.3) is 10.2 Å². The quantitative estimate of drug-likeness (QED) is 0.622. The van der Waals surface area contributed by atoms with E-state index in [0.717, 1.165) is 10.2 Å². The summed E-state index contributed by atoms with van der Waals surface area (Å²) in [6.07, 6.45) is 0. The molecule has 1 heterocycles. The Morgan fingerprint density at radius 3 is 2.43 bits per heavy atom. The molecule has 28 heavy (non-hydrogen) atoms. The third-order valence-corrected chi connectivity index (χ3v) is 6.06. The average Bonchev–Trinajstić information content (AvgIpc) is 2.96. The van der Waals surface area contributed by atoms with Gasteiger partial charge in [-0.15, -0.1) is 0 Å². The Balaban J connectivity index is 2.07. The molecule has 0 radical (unpaired) electrons. The Labute approximate surface area is 170 Å². The lowest BCUT2D eigenvalue weighted by atomic mass is 9.87. The lowest BCUT2D eigenvalue weighted by molar-refractivity contribution is 0.0997. The van der Waals surface area contributed by atoms with Crippen molar-refractivity contribution in [3.63, 3.8) is 0 Å². The van der Waals surface area contributed by atoms with Gasteiger partial charge in [0.1, 0.15) is 0 Å². The fraction of sp³-hybridized carbons (Fsp3) is 0.391. The Morgan fingerprint density at radius 2 is 1.82 bits per heavy atom. The summed E-state index contributed by atoms with van der Waals surface area (Å²) in [5.74, 6) is -0.215. The third-order valence-electron chi connectivity index (χ3n) is 4.83. The van der Waals surface area contributed by atoms with E-state index in [1.165, 1.54) is 16.7 Å². The minimum absolute atomic E-state index is 0.0583. The molecule has 0 bridgehead atoms. The van der Waals surface area contributed by atoms with Gasteiger partial charge in [-0.05, 0) is 54.2 Å². The van der Waals surface area contributed by atoms with Gasteiger partial charge in [0.05, 0.1) is 16.8 Å². The first kappa shape index (κ1) is 20.5. The van der Waals surface area contributed by atoms with Gasteiger partial charge in [-0.2, -0.15) is 4.99 Å². The smallest absolute Gasteiger partial charge is 0.279 e. The zero-order chi connectivity index (χ0) is 20.5. The molecule has 0 saturated heterocycles. The molecule has 0 aliphatic heterocycles. The zero-order valence-corrected chi connectivity index (χ0v) is 18.3. The van der Waals surface area contributed by atoms with E-state index >= 15 is 0 Å². The molecular weight excluding hydrogens is 368 g/mol. The molecule has 2 aromatic carbocycles. The first-order chi connectivity index (χ1) is 13.2. The summed E-state index contributed by atoms with van der Waals surface area (Å²) in [6.45, 7) is 11.9. The largest absolute Gasteiger partial charge is 0.383 e. The van der Waals surface area contributed by atoms with Crippen molar-refractivity contribution in [2.75, 3.05) is 13.7 Å². The highest BCUT2D eigenvalue weighted by Gasteiger charge is 2.15. The first-order valence-corrected chi connectivity index (χ1v) is 10.3. The van der Waals surface area contributed by atoms with Crippen LogP contribution in [0, 0.1) is 13.8 Å². The zero-order valence-electron chi connectivity index (χ0n) is 17.5. The number of carbonyl (C=O) groups is 1. The average molecular weight is 397 g/mol. The molecule has 3 aromatic rings. The van der Waals surface area contributed by atoms with Crippen molar-refractivity contribution in [3.05, 3.63) is 63.5 Å². The number of thiazole rings is 1. The summed E-state index contributed by atoms with van der Waals surface area (Å²) in [5.41, 5.74) is 5.38. The number of carbonyl (C=O) groups excluding carboxylic acids is 1. The SMILES string of the molecule is COCCn1c(=NC(=O)c2ccc(C(C)(C)C)cc2)sc2c(C)cc(C)cc21. The maximum atomic E-state index is 12.8. The van der Waals surface area contributed by atoms with Gasteiger partial charge in [0.2, 0.25) is 0 Å². The molecule has 148 valence electrons. The Kier molecular flexibility index (Phi) is 5.87. The van der Waals surface area contributed by atoms with Crippen LogP contribution in [0.5, 0.6) is 0 Å². The van der Waals surface area contributed by atoms with E-state index in [-0.39, 0.29) is 11.3 Å².